The van der Waals surface area contributed by atoms with E-state index in [2.05, 4.69) is 32.2 Å². The zero-order valence-electron chi connectivity index (χ0n) is 12.8. The number of halogens is 2. The van der Waals surface area contributed by atoms with Crippen LogP contribution in [0, 0.1) is 5.92 Å². The Morgan fingerprint density at radius 3 is 2.55 bits per heavy atom. The first-order chi connectivity index (χ1) is 10.7. The molecule has 0 amide bonds. The van der Waals surface area contributed by atoms with Gasteiger partial charge >= 0.3 is 0 Å². The van der Waals surface area contributed by atoms with Crippen molar-refractivity contribution in [2.45, 2.75) is 38.1 Å². The maximum atomic E-state index is 10.6. The molecule has 1 aromatic rings. The van der Waals surface area contributed by atoms with Crippen LogP contribution in [0.3, 0.4) is 0 Å². The summed E-state index contributed by atoms with van der Waals surface area (Å²) in [6.45, 7) is 4.10. The van der Waals surface area contributed by atoms with E-state index in [-0.39, 0.29) is 11.8 Å². The first kappa shape index (κ1) is 16.6. The third-order valence-corrected chi connectivity index (χ3v) is 5.76. The van der Waals surface area contributed by atoms with E-state index in [0.717, 1.165) is 36.2 Å². The van der Waals surface area contributed by atoms with Crippen molar-refractivity contribution in [3.8, 4) is 5.75 Å². The fourth-order valence-corrected chi connectivity index (χ4v) is 4.80. The highest BCUT2D eigenvalue weighted by Crippen LogP contribution is 2.44. The number of aromatic hydroxyl groups is 1. The van der Waals surface area contributed by atoms with Gasteiger partial charge in [-0.2, -0.15) is 0 Å². The Bertz CT molecular complexity index is 496. The molecule has 3 rings (SSSR count). The number of phenols is 1. The smallest absolute Gasteiger partial charge is 0.139 e. The summed E-state index contributed by atoms with van der Waals surface area (Å²) >= 11 is 9.77. The molecule has 5 heteroatoms. The lowest BCUT2D eigenvalue weighted by atomic mass is 9.80. The maximum absolute atomic E-state index is 10.6. The molecule has 2 N–H and O–H groups in total. The van der Waals surface area contributed by atoms with Crippen molar-refractivity contribution in [1.29, 1.82) is 0 Å². The monoisotopic (exact) mass is 386 g/mol. The van der Waals surface area contributed by atoms with Gasteiger partial charge in [0.2, 0.25) is 0 Å². The molecule has 122 valence electrons. The number of piperazine rings is 1. The van der Waals surface area contributed by atoms with Crippen LogP contribution in [0.1, 0.15) is 43.7 Å². The fourth-order valence-electron chi connectivity index (χ4n) is 3.97. The van der Waals surface area contributed by atoms with Gasteiger partial charge in [-0.05, 0) is 30.9 Å². The van der Waals surface area contributed by atoms with Gasteiger partial charge in [-0.1, -0.05) is 46.8 Å². The highest BCUT2D eigenvalue weighted by Gasteiger charge is 2.33. The zero-order chi connectivity index (χ0) is 15.5. The van der Waals surface area contributed by atoms with Crippen LogP contribution in [0.15, 0.2) is 16.6 Å². The van der Waals surface area contributed by atoms with Crippen molar-refractivity contribution in [3.63, 3.8) is 0 Å². The van der Waals surface area contributed by atoms with E-state index >= 15 is 0 Å². The van der Waals surface area contributed by atoms with Gasteiger partial charge in [-0.15, -0.1) is 0 Å². The molecule has 1 aliphatic carbocycles. The standard InChI is InChI=1S/C17H24BrClN2O/c18-13-10-14(17(22)15(19)11-13)16(12-4-2-1-3-5-12)21-8-6-20-7-9-21/h10-12,16,20,22H,1-9H2/t16-/m1/s1. The third kappa shape index (κ3) is 3.61. The van der Waals surface area contributed by atoms with Gasteiger partial charge in [0, 0.05) is 42.3 Å². The van der Waals surface area contributed by atoms with Gasteiger partial charge < -0.3 is 10.4 Å². The van der Waals surface area contributed by atoms with E-state index in [0.29, 0.717) is 10.9 Å². The first-order valence-electron chi connectivity index (χ1n) is 8.29. The molecule has 2 aliphatic rings. The molecule has 1 saturated heterocycles. The number of nitrogens with zero attached hydrogens (tertiary/aromatic N) is 1. The van der Waals surface area contributed by atoms with Gasteiger partial charge in [-0.3, -0.25) is 4.90 Å². The largest absolute Gasteiger partial charge is 0.506 e. The number of benzene rings is 1. The number of phenolic OH excluding ortho intramolecular Hbond substituents is 1. The van der Waals surface area contributed by atoms with Crippen LogP contribution in [-0.4, -0.2) is 36.2 Å². The van der Waals surface area contributed by atoms with E-state index in [4.69, 9.17) is 11.6 Å². The van der Waals surface area contributed by atoms with Crippen LogP contribution < -0.4 is 5.32 Å². The summed E-state index contributed by atoms with van der Waals surface area (Å²) in [4.78, 5) is 2.53. The molecule has 1 heterocycles. The van der Waals surface area contributed by atoms with E-state index < -0.39 is 0 Å². The van der Waals surface area contributed by atoms with Crippen molar-refractivity contribution in [2.75, 3.05) is 26.2 Å². The Balaban J connectivity index is 1.96. The number of hydrogen-bond donors (Lipinski definition) is 2. The molecular weight excluding hydrogens is 364 g/mol. The molecule has 2 fully saturated rings. The predicted octanol–water partition coefficient (Wildman–Crippen LogP) is 4.33. The molecule has 0 aromatic heterocycles. The Hall–Kier alpha value is -0.290. The summed E-state index contributed by atoms with van der Waals surface area (Å²) in [5.74, 6) is 0.877. The van der Waals surface area contributed by atoms with E-state index in [1.54, 1.807) is 6.07 Å². The Morgan fingerprint density at radius 2 is 1.86 bits per heavy atom. The van der Waals surface area contributed by atoms with Crippen molar-refractivity contribution in [2.24, 2.45) is 5.92 Å². The molecule has 22 heavy (non-hydrogen) atoms. The Labute approximate surface area is 146 Å². The highest BCUT2D eigenvalue weighted by molar-refractivity contribution is 9.10. The predicted molar refractivity (Wildman–Crippen MR) is 94.6 cm³/mol. The second kappa shape index (κ2) is 7.52. The van der Waals surface area contributed by atoms with Gasteiger partial charge in [-0.25, -0.2) is 0 Å². The quantitative estimate of drug-likeness (QED) is 0.810. The molecule has 1 aliphatic heterocycles. The number of rotatable bonds is 3. The van der Waals surface area contributed by atoms with Crippen LogP contribution in [0.4, 0.5) is 0 Å². The first-order valence-corrected chi connectivity index (χ1v) is 9.46. The van der Waals surface area contributed by atoms with Crippen LogP contribution in [0.5, 0.6) is 5.75 Å². The molecule has 0 bridgehead atoms. The highest BCUT2D eigenvalue weighted by atomic mass is 79.9. The fraction of sp³-hybridized carbons (Fsp3) is 0.647. The van der Waals surface area contributed by atoms with Crippen molar-refractivity contribution in [3.05, 3.63) is 27.2 Å². The lowest BCUT2D eigenvalue weighted by molar-refractivity contribution is 0.101. The Morgan fingerprint density at radius 1 is 1.18 bits per heavy atom. The van der Waals surface area contributed by atoms with Crippen LogP contribution in [0.25, 0.3) is 0 Å². The van der Waals surface area contributed by atoms with Gasteiger partial charge in [0.15, 0.2) is 0 Å². The van der Waals surface area contributed by atoms with E-state index in [9.17, 15) is 5.11 Å². The van der Waals surface area contributed by atoms with Crippen molar-refractivity contribution in [1.82, 2.24) is 10.2 Å². The van der Waals surface area contributed by atoms with Gasteiger partial charge in [0.25, 0.3) is 0 Å². The summed E-state index contributed by atoms with van der Waals surface area (Å²) in [6.07, 6.45) is 6.44. The molecule has 0 spiro atoms. The summed E-state index contributed by atoms with van der Waals surface area (Å²) in [5.41, 5.74) is 0.994. The average Bonchev–Trinajstić information content (AvgIpc) is 2.54. The molecule has 1 saturated carbocycles. The molecule has 0 radical (unpaired) electrons. The molecule has 0 unspecified atom stereocenters. The van der Waals surface area contributed by atoms with Crippen molar-refractivity contribution < 1.29 is 5.11 Å². The van der Waals surface area contributed by atoms with Crippen LogP contribution in [-0.2, 0) is 0 Å². The maximum Gasteiger partial charge on any atom is 0.139 e. The second-order valence-corrected chi connectivity index (χ2v) is 7.78. The summed E-state index contributed by atoms with van der Waals surface area (Å²) in [6, 6.07) is 4.11. The summed E-state index contributed by atoms with van der Waals surface area (Å²) in [5, 5.41) is 14.4. The third-order valence-electron chi connectivity index (χ3n) is 5.02. The molecular formula is C17H24BrClN2O. The van der Waals surface area contributed by atoms with E-state index in [1.165, 1.54) is 32.1 Å². The van der Waals surface area contributed by atoms with Crippen molar-refractivity contribution >= 4 is 27.5 Å². The van der Waals surface area contributed by atoms with Gasteiger partial charge in [0.05, 0.1) is 5.02 Å². The van der Waals surface area contributed by atoms with Gasteiger partial charge in [0.1, 0.15) is 5.75 Å². The molecule has 3 nitrogen and oxygen atoms in total. The molecule has 1 aromatic carbocycles. The minimum absolute atomic E-state index is 0.263. The average molecular weight is 388 g/mol. The number of nitrogens with one attached hydrogen (secondary N) is 1. The SMILES string of the molecule is Oc1c(Cl)cc(Br)cc1[C@@H](C1CCCCC1)N1CCNCC1. The topological polar surface area (TPSA) is 35.5 Å². The zero-order valence-corrected chi connectivity index (χ0v) is 15.2. The normalized spacial score (nSPS) is 22.6. The lowest BCUT2D eigenvalue weighted by Crippen LogP contribution is -2.47. The molecule has 1 atom stereocenters. The second-order valence-electron chi connectivity index (χ2n) is 6.45. The summed E-state index contributed by atoms with van der Waals surface area (Å²) in [7, 11) is 0. The minimum Gasteiger partial charge on any atom is -0.506 e. The summed E-state index contributed by atoms with van der Waals surface area (Å²) < 4.78 is 0.946. The lowest BCUT2D eigenvalue weighted by Gasteiger charge is -2.41. The minimum atomic E-state index is 0.263. The van der Waals surface area contributed by atoms with Crippen LogP contribution >= 0.6 is 27.5 Å². The van der Waals surface area contributed by atoms with Crippen LogP contribution in [0.2, 0.25) is 5.02 Å². The Kier molecular flexibility index (Phi) is 5.66. The van der Waals surface area contributed by atoms with E-state index in [1.807, 2.05) is 0 Å². The number of hydrogen-bond acceptors (Lipinski definition) is 3.